The zero-order chi connectivity index (χ0) is 16.5. The number of anilines is 1. The summed E-state index contributed by atoms with van der Waals surface area (Å²) in [5, 5.41) is 3.21. The Morgan fingerprint density at radius 1 is 1.08 bits per heavy atom. The minimum atomic E-state index is -0.555. The summed E-state index contributed by atoms with van der Waals surface area (Å²) in [5.74, 6) is 0.0136. The van der Waals surface area contributed by atoms with Crippen LogP contribution in [0.4, 0.5) is 14.6 Å². The minimum absolute atomic E-state index is 0.00325. The lowest BCUT2D eigenvalue weighted by atomic mass is 10.1. The third kappa shape index (κ3) is 2.78. The Hall–Kier alpha value is -2.67. The van der Waals surface area contributed by atoms with Crippen molar-refractivity contribution >= 4 is 16.7 Å². The normalized spacial score (nSPS) is 13.8. The average Bonchev–Trinajstić information content (AvgIpc) is 2.63. The number of hydrogen-bond donors (Lipinski definition) is 1. The first-order chi connectivity index (χ1) is 11.7. The van der Waals surface area contributed by atoms with Crippen LogP contribution in [0.25, 0.3) is 10.9 Å². The van der Waals surface area contributed by atoms with Gasteiger partial charge in [-0.1, -0.05) is 0 Å². The fourth-order valence-corrected chi connectivity index (χ4v) is 2.67. The van der Waals surface area contributed by atoms with E-state index in [1.807, 2.05) is 0 Å². The Bertz CT molecular complexity index is 916. The first-order valence-electron chi connectivity index (χ1n) is 7.61. The summed E-state index contributed by atoms with van der Waals surface area (Å²) in [4.78, 5) is 12.9. The molecule has 0 unspecified atom stereocenters. The number of nitrogens with one attached hydrogen (secondary N) is 1. The number of fused-ring (bicyclic) bond motifs is 2. The smallest absolute Gasteiger partial charge is 0.149 e. The van der Waals surface area contributed by atoms with E-state index < -0.39 is 11.6 Å². The topological polar surface area (TPSA) is 59.9 Å². The van der Waals surface area contributed by atoms with Crippen molar-refractivity contribution in [2.75, 3.05) is 11.9 Å². The predicted octanol–water partition coefficient (Wildman–Crippen LogP) is 2.99. The molecule has 1 aromatic carbocycles. The largest absolute Gasteiger partial charge is 0.376 e. The highest BCUT2D eigenvalue weighted by atomic mass is 19.1. The molecule has 1 aliphatic rings. The first-order valence-corrected chi connectivity index (χ1v) is 7.61. The van der Waals surface area contributed by atoms with Crippen LogP contribution in [0.2, 0.25) is 0 Å². The summed E-state index contributed by atoms with van der Waals surface area (Å²) >= 11 is 0. The number of rotatable bonds is 3. The van der Waals surface area contributed by atoms with E-state index in [-0.39, 0.29) is 10.9 Å². The summed E-state index contributed by atoms with van der Waals surface area (Å²) in [6.07, 6.45) is 2.53. The Kier molecular flexibility index (Phi) is 3.78. The number of benzene rings is 1. The van der Waals surface area contributed by atoms with Crippen LogP contribution >= 0.6 is 0 Å². The van der Waals surface area contributed by atoms with Gasteiger partial charge >= 0.3 is 0 Å². The molecule has 1 N–H and O–H groups in total. The zero-order valence-electron chi connectivity index (χ0n) is 12.7. The molecule has 0 aliphatic carbocycles. The predicted molar refractivity (Wildman–Crippen MR) is 84.4 cm³/mol. The van der Waals surface area contributed by atoms with E-state index in [4.69, 9.17) is 4.74 Å². The van der Waals surface area contributed by atoms with E-state index >= 15 is 0 Å². The molecule has 0 atom stereocenters. The molecular weight excluding hydrogens is 314 g/mol. The van der Waals surface area contributed by atoms with Gasteiger partial charge in [0.2, 0.25) is 0 Å². The van der Waals surface area contributed by atoms with Crippen LogP contribution in [-0.2, 0) is 24.3 Å². The molecule has 0 saturated carbocycles. The van der Waals surface area contributed by atoms with E-state index in [0.29, 0.717) is 31.4 Å². The number of hydrogen-bond acceptors (Lipinski definition) is 5. The van der Waals surface area contributed by atoms with Crippen molar-refractivity contribution in [3.05, 3.63) is 59.2 Å². The fraction of sp³-hybridized carbons (Fsp3) is 0.235. The second kappa shape index (κ2) is 6.09. The summed E-state index contributed by atoms with van der Waals surface area (Å²) in [6, 6.07) is 5.28. The number of halogens is 2. The fourth-order valence-electron chi connectivity index (χ4n) is 2.67. The molecule has 0 saturated heterocycles. The van der Waals surface area contributed by atoms with Gasteiger partial charge in [0.25, 0.3) is 0 Å². The van der Waals surface area contributed by atoms with E-state index in [1.54, 1.807) is 12.3 Å². The van der Waals surface area contributed by atoms with E-state index in [0.717, 1.165) is 29.8 Å². The average molecular weight is 328 g/mol. The molecule has 3 aromatic rings. The Morgan fingerprint density at radius 2 is 1.96 bits per heavy atom. The van der Waals surface area contributed by atoms with Crippen LogP contribution < -0.4 is 5.32 Å². The highest BCUT2D eigenvalue weighted by molar-refractivity contribution is 5.81. The number of aromatic nitrogens is 3. The maximum atomic E-state index is 13.8. The molecule has 24 heavy (non-hydrogen) atoms. The van der Waals surface area contributed by atoms with Crippen LogP contribution in [0.1, 0.15) is 17.1 Å². The van der Waals surface area contributed by atoms with E-state index in [2.05, 4.69) is 20.3 Å². The van der Waals surface area contributed by atoms with Crippen molar-refractivity contribution in [2.45, 2.75) is 19.6 Å². The SMILES string of the molecule is Fc1ccc(F)c2nc(NCc3ncc4c(n3)CCOC4)ccc12. The molecule has 4 rings (SSSR count). The molecule has 0 radical (unpaired) electrons. The van der Waals surface area contributed by atoms with Gasteiger partial charge in [-0.2, -0.15) is 0 Å². The number of ether oxygens (including phenoxy) is 1. The highest BCUT2D eigenvalue weighted by Gasteiger charge is 2.13. The molecule has 3 heterocycles. The van der Waals surface area contributed by atoms with Gasteiger partial charge in [0.15, 0.2) is 0 Å². The molecule has 2 aromatic heterocycles. The molecule has 1 aliphatic heterocycles. The molecule has 122 valence electrons. The van der Waals surface area contributed by atoms with Crippen molar-refractivity contribution in [2.24, 2.45) is 0 Å². The van der Waals surface area contributed by atoms with Crippen LogP contribution in [0.3, 0.4) is 0 Å². The van der Waals surface area contributed by atoms with Gasteiger partial charge in [0.05, 0.1) is 25.5 Å². The van der Waals surface area contributed by atoms with Crippen molar-refractivity contribution in [1.82, 2.24) is 15.0 Å². The van der Waals surface area contributed by atoms with Crippen LogP contribution in [0, 0.1) is 11.6 Å². The third-order valence-corrected chi connectivity index (χ3v) is 3.93. The monoisotopic (exact) mass is 328 g/mol. The summed E-state index contributed by atoms with van der Waals surface area (Å²) in [5.41, 5.74) is 2.00. The summed E-state index contributed by atoms with van der Waals surface area (Å²) in [6.45, 7) is 1.55. The number of nitrogens with zero attached hydrogens (tertiary/aromatic N) is 3. The minimum Gasteiger partial charge on any atom is -0.376 e. The Morgan fingerprint density at radius 3 is 2.88 bits per heavy atom. The molecule has 0 fully saturated rings. The quantitative estimate of drug-likeness (QED) is 0.801. The van der Waals surface area contributed by atoms with Crippen LogP contribution in [0.15, 0.2) is 30.5 Å². The molecular formula is C17H14F2N4O. The van der Waals surface area contributed by atoms with Gasteiger partial charge in [0, 0.05) is 23.6 Å². The molecule has 0 amide bonds. The summed E-state index contributed by atoms with van der Waals surface area (Å²) in [7, 11) is 0. The molecule has 5 nitrogen and oxygen atoms in total. The third-order valence-electron chi connectivity index (χ3n) is 3.93. The van der Waals surface area contributed by atoms with Gasteiger partial charge in [-0.05, 0) is 24.3 Å². The van der Waals surface area contributed by atoms with Crippen LogP contribution in [0.5, 0.6) is 0 Å². The second-order valence-corrected chi connectivity index (χ2v) is 5.54. The standard InChI is InChI=1S/C17H14F2N4O/c18-12-2-3-13(19)17-11(12)1-4-15(23-17)21-8-16-20-7-10-9-24-6-5-14(10)22-16/h1-4,7H,5-6,8-9H2,(H,21,23). The van der Waals surface area contributed by atoms with Crippen molar-refractivity contribution < 1.29 is 13.5 Å². The van der Waals surface area contributed by atoms with Crippen molar-refractivity contribution in [3.8, 4) is 0 Å². The lowest BCUT2D eigenvalue weighted by Crippen LogP contribution is -2.15. The number of pyridine rings is 1. The molecule has 0 spiro atoms. The van der Waals surface area contributed by atoms with Gasteiger partial charge in [-0.15, -0.1) is 0 Å². The maximum absolute atomic E-state index is 13.8. The lowest BCUT2D eigenvalue weighted by Gasteiger charge is -2.15. The maximum Gasteiger partial charge on any atom is 0.149 e. The molecule has 0 bridgehead atoms. The Labute approximate surface area is 136 Å². The molecule has 7 heteroatoms. The van der Waals surface area contributed by atoms with Crippen molar-refractivity contribution in [3.63, 3.8) is 0 Å². The lowest BCUT2D eigenvalue weighted by molar-refractivity contribution is 0.108. The van der Waals surface area contributed by atoms with Gasteiger partial charge in [0.1, 0.15) is 28.8 Å². The first kappa shape index (κ1) is 14.9. The summed E-state index contributed by atoms with van der Waals surface area (Å²) < 4.78 is 32.8. The van der Waals surface area contributed by atoms with Crippen LogP contribution in [-0.4, -0.2) is 21.6 Å². The van der Waals surface area contributed by atoms with Crippen molar-refractivity contribution in [1.29, 1.82) is 0 Å². The Balaban J connectivity index is 1.55. The van der Waals surface area contributed by atoms with Gasteiger partial charge < -0.3 is 10.1 Å². The van der Waals surface area contributed by atoms with E-state index in [1.165, 1.54) is 6.07 Å². The van der Waals surface area contributed by atoms with E-state index in [9.17, 15) is 8.78 Å². The van der Waals surface area contributed by atoms with Gasteiger partial charge in [-0.25, -0.2) is 23.7 Å². The second-order valence-electron chi connectivity index (χ2n) is 5.54. The highest BCUT2D eigenvalue weighted by Crippen LogP contribution is 2.21. The van der Waals surface area contributed by atoms with Gasteiger partial charge in [-0.3, -0.25) is 0 Å². The zero-order valence-corrected chi connectivity index (χ0v) is 12.7.